The average molecular weight is 304 g/mol. The van der Waals surface area contributed by atoms with Crippen LogP contribution in [0.15, 0.2) is 10.7 Å². The summed E-state index contributed by atoms with van der Waals surface area (Å²) in [5.74, 6) is 0.578. The third-order valence-electron chi connectivity index (χ3n) is 2.32. The lowest BCUT2D eigenvalue weighted by Crippen LogP contribution is -2.28. The summed E-state index contributed by atoms with van der Waals surface area (Å²) in [7, 11) is 1.77. The molecule has 0 aliphatic heterocycles. The molecule has 1 aromatic rings. The highest BCUT2D eigenvalue weighted by molar-refractivity contribution is 9.10. The van der Waals surface area contributed by atoms with Gasteiger partial charge in [0.1, 0.15) is 12.0 Å². The Kier molecular flexibility index (Phi) is 4.41. The molecule has 0 aromatic carbocycles. The number of rotatable bonds is 4. The molecule has 0 radical (unpaired) electrons. The molecule has 0 aliphatic rings. The Morgan fingerprint density at radius 2 is 2.29 bits per heavy atom. The molecule has 0 aliphatic carbocycles. The number of anilines is 1. The highest BCUT2D eigenvalue weighted by Gasteiger charge is 2.19. The Balaban J connectivity index is 3.12. The van der Waals surface area contributed by atoms with Crippen LogP contribution in [-0.4, -0.2) is 34.7 Å². The van der Waals surface area contributed by atoms with E-state index in [2.05, 4.69) is 20.9 Å². The van der Waals surface area contributed by atoms with Crippen molar-refractivity contribution in [2.45, 2.75) is 20.0 Å². The fourth-order valence-electron chi connectivity index (χ4n) is 1.49. The molecule has 1 rings (SSSR count). The summed E-state index contributed by atoms with van der Waals surface area (Å²) in [6.07, 6.45) is 0.734. The minimum absolute atomic E-state index is 0.0222. The Bertz CT molecular complexity index is 437. The van der Waals surface area contributed by atoms with Crippen molar-refractivity contribution in [1.29, 1.82) is 0 Å². The number of pyridine rings is 1. The van der Waals surface area contributed by atoms with Gasteiger partial charge in [-0.2, -0.15) is 0 Å². The van der Waals surface area contributed by atoms with Gasteiger partial charge in [0.05, 0.1) is 15.5 Å². The van der Waals surface area contributed by atoms with E-state index in [1.54, 1.807) is 25.8 Å². The van der Waals surface area contributed by atoms with Crippen LogP contribution in [0, 0.1) is 17.0 Å². The number of hydrogen-bond acceptors (Lipinski definition) is 5. The minimum Gasteiger partial charge on any atom is -0.392 e. The van der Waals surface area contributed by atoms with Gasteiger partial charge in [0.25, 0.3) is 5.69 Å². The number of halogens is 1. The summed E-state index contributed by atoms with van der Waals surface area (Å²) in [5, 5.41) is 20.0. The fraction of sp³-hybridized carbons (Fsp3) is 0.500. The Labute approximate surface area is 108 Å². The van der Waals surface area contributed by atoms with Gasteiger partial charge in [-0.1, -0.05) is 0 Å². The van der Waals surface area contributed by atoms with Crippen LogP contribution < -0.4 is 4.90 Å². The van der Waals surface area contributed by atoms with Crippen molar-refractivity contribution in [2.75, 3.05) is 18.5 Å². The first-order valence-electron chi connectivity index (χ1n) is 5.03. The summed E-state index contributed by atoms with van der Waals surface area (Å²) in [6.45, 7) is 3.73. The van der Waals surface area contributed by atoms with E-state index in [9.17, 15) is 15.2 Å². The normalized spacial score (nSPS) is 12.3. The lowest BCUT2D eigenvalue weighted by atomic mass is 10.2. The molecule has 0 saturated heterocycles. The molecule has 1 unspecified atom stereocenters. The lowest BCUT2D eigenvalue weighted by Gasteiger charge is -2.21. The van der Waals surface area contributed by atoms with Crippen molar-refractivity contribution < 1.29 is 10.0 Å². The van der Waals surface area contributed by atoms with Gasteiger partial charge in [0.2, 0.25) is 0 Å². The van der Waals surface area contributed by atoms with Crippen molar-refractivity contribution >= 4 is 27.4 Å². The van der Waals surface area contributed by atoms with Crippen molar-refractivity contribution in [2.24, 2.45) is 0 Å². The Morgan fingerprint density at radius 1 is 1.71 bits per heavy atom. The molecule has 1 aromatic heterocycles. The number of nitrogens with zero attached hydrogens (tertiary/aromatic N) is 3. The minimum atomic E-state index is -0.496. The van der Waals surface area contributed by atoms with Crippen LogP contribution in [0.25, 0.3) is 0 Å². The molecule has 0 spiro atoms. The van der Waals surface area contributed by atoms with Crippen LogP contribution in [0.1, 0.15) is 12.5 Å². The zero-order valence-corrected chi connectivity index (χ0v) is 11.4. The number of aromatic nitrogens is 1. The predicted molar refractivity (Wildman–Crippen MR) is 68.3 cm³/mol. The maximum Gasteiger partial charge on any atom is 0.291 e. The van der Waals surface area contributed by atoms with Crippen LogP contribution in [0.3, 0.4) is 0 Å². The number of nitro groups is 1. The number of likely N-dealkylation sites (N-methyl/N-ethyl adjacent to an activating group) is 1. The van der Waals surface area contributed by atoms with Gasteiger partial charge in [-0.05, 0) is 29.8 Å². The summed E-state index contributed by atoms with van der Waals surface area (Å²) in [6, 6.07) is 0. The third kappa shape index (κ3) is 3.13. The maximum absolute atomic E-state index is 10.7. The molecule has 0 fully saturated rings. The molecule has 0 bridgehead atoms. The van der Waals surface area contributed by atoms with Gasteiger partial charge >= 0.3 is 0 Å². The standard InChI is InChI=1S/C10H14BrN3O3/c1-6(15)5-13(3)10-9(11)7(2)8(4-12-10)14(16)17/h4,6,15H,5H2,1-3H3. The van der Waals surface area contributed by atoms with E-state index in [1.165, 1.54) is 6.20 Å². The van der Waals surface area contributed by atoms with Gasteiger partial charge in [0.15, 0.2) is 0 Å². The zero-order valence-electron chi connectivity index (χ0n) is 9.85. The maximum atomic E-state index is 10.7. The summed E-state index contributed by atoms with van der Waals surface area (Å²) >= 11 is 3.30. The number of aliphatic hydroxyl groups excluding tert-OH is 1. The molecule has 0 saturated carbocycles. The Morgan fingerprint density at radius 3 is 2.76 bits per heavy atom. The van der Waals surface area contributed by atoms with Crippen LogP contribution >= 0.6 is 15.9 Å². The van der Waals surface area contributed by atoms with Crippen molar-refractivity contribution in [3.8, 4) is 0 Å². The van der Waals surface area contributed by atoms with Crippen LogP contribution in [0.2, 0.25) is 0 Å². The molecule has 94 valence electrons. The van der Waals surface area contributed by atoms with E-state index >= 15 is 0 Å². The van der Waals surface area contributed by atoms with Gasteiger partial charge in [0, 0.05) is 19.2 Å². The second-order valence-electron chi connectivity index (χ2n) is 3.89. The van der Waals surface area contributed by atoms with Crippen molar-refractivity contribution in [3.63, 3.8) is 0 Å². The molecule has 0 amide bonds. The van der Waals surface area contributed by atoms with E-state index in [-0.39, 0.29) is 5.69 Å². The van der Waals surface area contributed by atoms with Crippen LogP contribution in [0.4, 0.5) is 11.5 Å². The molecule has 1 N–H and O–H groups in total. The molecular formula is C10H14BrN3O3. The van der Waals surface area contributed by atoms with Crippen LogP contribution in [0.5, 0.6) is 0 Å². The van der Waals surface area contributed by atoms with E-state index in [0.29, 0.717) is 22.4 Å². The third-order valence-corrected chi connectivity index (χ3v) is 3.26. The van der Waals surface area contributed by atoms with E-state index < -0.39 is 11.0 Å². The molecule has 1 atom stereocenters. The van der Waals surface area contributed by atoms with Gasteiger partial charge < -0.3 is 10.0 Å². The van der Waals surface area contributed by atoms with Crippen LogP contribution in [-0.2, 0) is 0 Å². The fourth-order valence-corrected chi connectivity index (χ4v) is 2.10. The molecular weight excluding hydrogens is 290 g/mol. The topological polar surface area (TPSA) is 79.5 Å². The zero-order chi connectivity index (χ0) is 13.2. The van der Waals surface area contributed by atoms with Gasteiger partial charge in [-0.3, -0.25) is 10.1 Å². The quantitative estimate of drug-likeness (QED) is 0.678. The van der Waals surface area contributed by atoms with Gasteiger partial charge in [-0.25, -0.2) is 4.98 Å². The summed E-state index contributed by atoms with van der Waals surface area (Å²) < 4.78 is 0.579. The number of aliphatic hydroxyl groups is 1. The first-order chi connectivity index (χ1) is 7.84. The van der Waals surface area contributed by atoms with Gasteiger partial charge in [-0.15, -0.1) is 0 Å². The summed E-state index contributed by atoms with van der Waals surface area (Å²) in [5.41, 5.74) is 0.503. The highest BCUT2D eigenvalue weighted by Crippen LogP contribution is 2.32. The highest BCUT2D eigenvalue weighted by atomic mass is 79.9. The van der Waals surface area contributed by atoms with Crippen molar-refractivity contribution in [3.05, 3.63) is 26.3 Å². The average Bonchev–Trinajstić information content (AvgIpc) is 2.20. The number of hydrogen-bond donors (Lipinski definition) is 1. The SMILES string of the molecule is Cc1c([N+](=O)[O-])cnc(N(C)CC(C)O)c1Br. The second-order valence-corrected chi connectivity index (χ2v) is 4.69. The first kappa shape index (κ1) is 13.9. The molecule has 7 heteroatoms. The predicted octanol–water partition coefficient (Wildman–Crippen LogP) is 1.88. The molecule has 6 nitrogen and oxygen atoms in total. The first-order valence-corrected chi connectivity index (χ1v) is 5.82. The second kappa shape index (κ2) is 5.42. The van der Waals surface area contributed by atoms with E-state index in [1.807, 2.05) is 0 Å². The lowest BCUT2D eigenvalue weighted by molar-refractivity contribution is -0.385. The molecule has 17 heavy (non-hydrogen) atoms. The van der Waals surface area contributed by atoms with E-state index in [4.69, 9.17) is 0 Å². The molecule has 1 heterocycles. The smallest absolute Gasteiger partial charge is 0.291 e. The Hall–Kier alpha value is -1.21. The largest absolute Gasteiger partial charge is 0.392 e. The summed E-state index contributed by atoms with van der Waals surface area (Å²) in [4.78, 5) is 16.0. The van der Waals surface area contributed by atoms with Crippen molar-refractivity contribution in [1.82, 2.24) is 4.98 Å². The monoisotopic (exact) mass is 303 g/mol. The van der Waals surface area contributed by atoms with E-state index in [0.717, 1.165) is 0 Å².